The van der Waals surface area contributed by atoms with Crippen LogP contribution in [-0.4, -0.2) is 37.5 Å². The summed E-state index contributed by atoms with van der Waals surface area (Å²) in [6, 6.07) is 32.8. The molecule has 0 unspecified atom stereocenters. The maximum atomic E-state index is 12.1. The van der Waals surface area contributed by atoms with E-state index in [4.69, 9.17) is 4.74 Å². The molecule has 5 aromatic heterocycles. The molecule has 0 saturated heterocycles. The van der Waals surface area contributed by atoms with Gasteiger partial charge in [-0.2, -0.15) is 0 Å². The van der Waals surface area contributed by atoms with Gasteiger partial charge in [0.05, 0.1) is 46.3 Å². The average Bonchev–Trinajstić information content (AvgIpc) is 3.08. The van der Waals surface area contributed by atoms with Crippen LogP contribution in [0.1, 0.15) is 22.8 Å². The summed E-state index contributed by atoms with van der Waals surface area (Å²) in [5.74, 6) is -0.385. The second-order valence-electron chi connectivity index (χ2n) is 10.3. The molecule has 0 fully saturated rings. The van der Waals surface area contributed by atoms with Crippen LogP contribution < -0.4 is 0 Å². The first-order chi connectivity index (χ1) is 23.1. The number of carbonyl (C=O) groups excluding carboxylic acids is 1. The molecule has 0 aliphatic rings. The number of nitrogens with zero attached hydrogens (tertiary/aromatic N) is 5. The molecule has 15 heteroatoms. The molecular weight excluding hydrogens is 858 g/mol. The van der Waals surface area contributed by atoms with Crippen LogP contribution in [0.3, 0.4) is 0 Å². The van der Waals surface area contributed by atoms with Gasteiger partial charge in [0.15, 0.2) is 0 Å². The van der Waals surface area contributed by atoms with Crippen molar-refractivity contribution in [3.05, 3.63) is 139 Å². The third kappa shape index (κ3) is 13.9. The van der Waals surface area contributed by atoms with Crippen LogP contribution in [0.5, 0.6) is 0 Å². The van der Waals surface area contributed by atoms with Crippen molar-refractivity contribution < 1.29 is 54.5 Å². The molecule has 50 heavy (non-hydrogen) atoms. The first kappa shape index (κ1) is 39.5. The molecule has 0 saturated carbocycles. The third-order valence-corrected chi connectivity index (χ3v) is 6.19. The Morgan fingerprint density at radius 2 is 0.940 bits per heavy atom. The normalized spacial score (nSPS) is 11.9. The zero-order chi connectivity index (χ0) is 35.6. The van der Waals surface area contributed by atoms with Crippen molar-refractivity contribution in [2.75, 3.05) is 6.61 Å². The topological polar surface area (TPSA) is 90.8 Å². The van der Waals surface area contributed by atoms with E-state index in [2.05, 4.69) is 50.0 Å². The Hall–Kier alpha value is -4.91. The number of esters is 1. The molecule has 0 aliphatic heterocycles. The summed E-state index contributed by atoms with van der Waals surface area (Å²) in [5.41, 5.74) is 8.47. The van der Waals surface area contributed by atoms with Crippen LogP contribution in [0.2, 0.25) is 0 Å². The van der Waals surface area contributed by atoms with Gasteiger partial charge in [0.1, 0.15) is 0 Å². The number of hydrogen-bond donors (Lipinski definition) is 0. The van der Waals surface area contributed by atoms with E-state index in [9.17, 15) is 30.0 Å². The SMILES string of the molecule is CCOC(=O)c1cc(-c2ccccn2)nc(-c2ccccn2)c1.Cc1cc(-c2ccccn2)cc(-c2ccccn2)c1.F[P-](F)(F)(F)(F)F.[Os]. The second-order valence-corrected chi connectivity index (χ2v) is 12.2. The monoisotopic (exact) mass is 888 g/mol. The van der Waals surface area contributed by atoms with E-state index < -0.39 is 7.81 Å². The number of halogens is 6. The number of hydrogen-bond acceptors (Lipinski definition) is 7. The van der Waals surface area contributed by atoms with Gasteiger partial charge in [0.2, 0.25) is 0 Å². The van der Waals surface area contributed by atoms with Gasteiger partial charge in [-0.1, -0.05) is 24.3 Å². The van der Waals surface area contributed by atoms with E-state index in [0.29, 0.717) is 34.9 Å². The maximum absolute atomic E-state index is 12.1. The Balaban J connectivity index is 0.000000227. The smallest absolute Gasteiger partial charge is 0 e. The molecule has 6 aromatic rings. The number of rotatable bonds is 6. The van der Waals surface area contributed by atoms with Gasteiger partial charge in [0, 0.05) is 55.7 Å². The van der Waals surface area contributed by atoms with Crippen LogP contribution in [0.15, 0.2) is 128 Å². The van der Waals surface area contributed by atoms with E-state index in [-0.39, 0.29) is 25.8 Å². The second kappa shape index (κ2) is 16.2. The molecular formula is C35H29F6N5O2OsP-. The summed E-state index contributed by atoms with van der Waals surface area (Å²) in [4.78, 5) is 34.1. The summed E-state index contributed by atoms with van der Waals surface area (Å²) < 4.78 is 64.3. The summed E-state index contributed by atoms with van der Waals surface area (Å²) >= 11 is 0. The number of benzene rings is 1. The standard InChI is InChI=1S/C18H15N3O2.C17H14N2.F6P.Os/c1-2-23-18(22)13-11-16(14-7-3-5-9-19-14)21-17(12-13)15-8-4-6-10-20-15;1-13-10-14(16-6-2-4-8-18-16)12-15(11-13)17-7-3-5-9-19-17;1-7(2,3,4,5)6;/h3-12H,2H2,1H3;2-12H,1H3;;/q;;-1;. The molecule has 1 aromatic carbocycles. The quantitative estimate of drug-likeness (QED) is 0.0935. The largest absolute Gasteiger partial charge is 0 e. The molecule has 5 heterocycles. The van der Waals surface area contributed by atoms with E-state index >= 15 is 0 Å². The predicted molar refractivity (Wildman–Crippen MR) is 178 cm³/mol. The van der Waals surface area contributed by atoms with E-state index in [1.807, 2.05) is 85.2 Å². The number of aromatic nitrogens is 5. The minimum absolute atomic E-state index is 0. The van der Waals surface area contributed by atoms with Crippen LogP contribution in [-0.2, 0) is 24.5 Å². The summed E-state index contributed by atoms with van der Waals surface area (Å²) in [7, 11) is -10.7. The molecule has 262 valence electrons. The van der Waals surface area contributed by atoms with Gasteiger partial charge >= 0.3 is 39.0 Å². The van der Waals surface area contributed by atoms with Gasteiger partial charge in [-0.05, 0) is 98.3 Å². The van der Waals surface area contributed by atoms with Gasteiger partial charge in [-0.3, -0.25) is 19.9 Å². The first-order valence-electron chi connectivity index (χ1n) is 14.6. The fourth-order valence-corrected chi connectivity index (χ4v) is 4.30. The molecule has 0 radical (unpaired) electrons. The Bertz CT molecular complexity index is 1870. The Morgan fingerprint density at radius 1 is 0.580 bits per heavy atom. The third-order valence-electron chi connectivity index (χ3n) is 6.19. The number of ether oxygens (including phenoxy) is 1. The minimum Gasteiger partial charge on any atom is 0 e. The van der Waals surface area contributed by atoms with Crippen LogP contribution in [0, 0.1) is 6.92 Å². The minimum atomic E-state index is -10.7. The molecule has 0 bridgehead atoms. The number of aryl methyl sites for hydroxylation is 1. The van der Waals surface area contributed by atoms with Gasteiger partial charge in [0.25, 0.3) is 0 Å². The predicted octanol–water partition coefficient (Wildman–Crippen LogP) is 10.9. The van der Waals surface area contributed by atoms with Crippen LogP contribution in [0.4, 0.5) is 25.2 Å². The molecule has 0 amide bonds. The molecule has 0 N–H and O–H groups in total. The molecule has 0 atom stereocenters. The van der Waals surface area contributed by atoms with Crippen molar-refractivity contribution in [1.82, 2.24) is 24.9 Å². The first-order valence-corrected chi connectivity index (χ1v) is 16.6. The van der Waals surface area contributed by atoms with Gasteiger partial charge in [-0.25, -0.2) is 9.78 Å². The van der Waals surface area contributed by atoms with Gasteiger partial charge < -0.3 is 4.74 Å². The molecule has 6 rings (SSSR count). The summed E-state index contributed by atoms with van der Waals surface area (Å²) in [6.07, 6.45) is 7.01. The van der Waals surface area contributed by atoms with E-state index in [1.165, 1.54) is 5.56 Å². The fourth-order valence-electron chi connectivity index (χ4n) is 4.30. The Labute approximate surface area is 297 Å². The average molecular weight is 887 g/mol. The van der Waals surface area contributed by atoms with Gasteiger partial charge in [-0.15, -0.1) is 0 Å². The van der Waals surface area contributed by atoms with Crippen molar-refractivity contribution >= 4 is 13.8 Å². The van der Waals surface area contributed by atoms with E-state index in [0.717, 1.165) is 22.5 Å². The summed E-state index contributed by atoms with van der Waals surface area (Å²) in [6.45, 7) is 4.19. The Kier molecular flexibility index (Phi) is 12.8. The zero-order valence-electron chi connectivity index (χ0n) is 26.5. The maximum Gasteiger partial charge on any atom is 0 e. The Morgan fingerprint density at radius 3 is 1.26 bits per heavy atom. The van der Waals surface area contributed by atoms with Crippen molar-refractivity contribution in [2.24, 2.45) is 0 Å². The van der Waals surface area contributed by atoms with Crippen molar-refractivity contribution in [3.63, 3.8) is 0 Å². The molecule has 0 aliphatic carbocycles. The summed E-state index contributed by atoms with van der Waals surface area (Å²) in [5, 5.41) is 0. The zero-order valence-corrected chi connectivity index (χ0v) is 29.9. The van der Waals surface area contributed by atoms with Crippen molar-refractivity contribution in [2.45, 2.75) is 13.8 Å². The fraction of sp³-hybridized carbons (Fsp3) is 0.0857. The van der Waals surface area contributed by atoms with Crippen molar-refractivity contribution in [1.29, 1.82) is 0 Å². The van der Waals surface area contributed by atoms with Crippen LogP contribution >= 0.6 is 7.81 Å². The van der Waals surface area contributed by atoms with E-state index in [1.54, 1.807) is 31.5 Å². The van der Waals surface area contributed by atoms with Crippen molar-refractivity contribution in [3.8, 4) is 45.3 Å². The number of pyridine rings is 5. The molecule has 0 spiro atoms. The van der Waals surface area contributed by atoms with Crippen LogP contribution in [0.25, 0.3) is 45.3 Å². The number of carbonyl (C=O) groups is 1. The molecule has 7 nitrogen and oxygen atoms in total.